The molecule has 0 bridgehead atoms. The number of para-hydroxylation sites is 1. The first-order valence-electron chi connectivity index (χ1n) is 19.8. The van der Waals surface area contributed by atoms with Crippen LogP contribution in [-0.4, -0.2) is 6.04 Å². The Kier molecular flexibility index (Phi) is 9.40. The monoisotopic (exact) mass is 734 g/mol. The number of nitrogens with one attached hydrogen (secondary N) is 1. The van der Waals surface area contributed by atoms with Crippen LogP contribution in [-0.2, 0) is 5.41 Å². The highest BCUT2D eigenvalue weighted by Crippen LogP contribution is 2.52. The van der Waals surface area contributed by atoms with Crippen LogP contribution in [0.2, 0.25) is 0 Å². The number of anilines is 4. The number of rotatable bonds is 10. The maximum Gasteiger partial charge on any atom is 0.0563 e. The summed E-state index contributed by atoms with van der Waals surface area (Å²) in [6, 6.07) is 59.5. The number of allylic oxidation sites excluding steroid dienone is 6. The van der Waals surface area contributed by atoms with Gasteiger partial charge in [0.05, 0.1) is 6.04 Å². The van der Waals surface area contributed by atoms with Crippen LogP contribution in [0.25, 0.3) is 44.2 Å². The van der Waals surface area contributed by atoms with Crippen molar-refractivity contribution >= 4 is 44.7 Å². The van der Waals surface area contributed by atoms with Crippen molar-refractivity contribution < 1.29 is 0 Å². The molecular weight excluding hydrogens is 689 g/mol. The van der Waals surface area contributed by atoms with Crippen molar-refractivity contribution in [3.63, 3.8) is 0 Å². The summed E-state index contributed by atoms with van der Waals surface area (Å²) in [7, 11) is 0. The summed E-state index contributed by atoms with van der Waals surface area (Å²) < 4.78 is 0. The van der Waals surface area contributed by atoms with E-state index in [1.54, 1.807) is 6.08 Å². The molecule has 0 radical (unpaired) electrons. The highest BCUT2D eigenvalue weighted by molar-refractivity contribution is 5.95. The third-order valence-electron chi connectivity index (χ3n) is 11.8. The van der Waals surface area contributed by atoms with Gasteiger partial charge < -0.3 is 10.2 Å². The molecule has 7 aromatic rings. The Morgan fingerprint density at radius 2 is 1.30 bits per heavy atom. The van der Waals surface area contributed by atoms with Crippen molar-refractivity contribution in [1.29, 1.82) is 0 Å². The van der Waals surface area contributed by atoms with Gasteiger partial charge in [-0.1, -0.05) is 173 Å². The van der Waals surface area contributed by atoms with Crippen molar-refractivity contribution in [1.82, 2.24) is 0 Å². The predicted molar refractivity (Wildman–Crippen MR) is 245 cm³/mol. The van der Waals surface area contributed by atoms with E-state index in [2.05, 4.69) is 213 Å². The van der Waals surface area contributed by atoms with Gasteiger partial charge in [-0.25, -0.2) is 0 Å². The zero-order valence-corrected chi connectivity index (χ0v) is 32.6. The zero-order chi connectivity index (χ0) is 38.9. The number of fused-ring (bicyclic) bond motifs is 3. The molecule has 2 nitrogen and oxygen atoms in total. The van der Waals surface area contributed by atoms with E-state index in [0.717, 1.165) is 28.9 Å². The quantitative estimate of drug-likeness (QED) is 0.141. The van der Waals surface area contributed by atoms with Gasteiger partial charge in [-0.3, -0.25) is 0 Å². The Labute approximate surface area is 337 Å². The average Bonchev–Trinajstić information content (AvgIpc) is 3.48. The molecule has 0 spiro atoms. The van der Waals surface area contributed by atoms with Gasteiger partial charge in [-0.05, 0) is 116 Å². The molecular formula is C55H46N2. The first-order chi connectivity index (χ1) is 27.9. The summed E-state index contributed by atoms with van der Waals surface area (Å²) in [6.07, 6.45) is 11.4. The summed E-state index contributed by atoms with van der Waals surface area (Å²) >= 11 is 0. The second kappa shape index (κ2) is 15.0. The molecule has 9 rings (SSSR count). The number of hydrogen-bond acceptors (Lipinski definition) is 2. The second-order valence-corrected chi connectivity index (χ2v) is 15.5. The minimum atomic E-state index is -0.107. The maximum atomic E-state index is 3.97. The van der Waals surface area contributed by atoms with E-state index < -0.39 is 0 Å². The van der Waals surface area contributed by atoms with E-state index in [9.17, 15) is 0 Å². The molecule has 0 aliphatic heterocycles. The maximum absolute atomic E-state index is 3.97. The molecule has 1 N–H and O–H groups in total. The minimum absolute atomic E-state index is 0.107. The van der Waals surface area contributed by atoms with E-state index in [1.807, 2.05) is 12.2 Å². The molecule has 0 fully saturated rings. The fraction of sp³-hybridized carbons (Fsp3) is 0.0909. The fourth-order valence-electron chi connectivity index (χ4n) is 8.79. The lowest BCUT2D eigenvalue weighted by Crippen LogP contribution is -2.33. The average molecular weight is 735 g/mol. The van der Waals surface area contributed by atoms with Gasteiger partial charge in [0.2, 0.25) is 0 Å². The Balaban J connectivity index is 0.959. The lowest BCUT2D eigenvalue weighted by atomic mass is 9.77. The molecule has 2 heteroatoms. The SMILES string of the molecule is C=C/C=C(\C=C)c1ccc(-c2ccc(N(c3ccccc3)C3C=CC4=C(C3)C(C)(C)c3cc(-c5ccc(Nc6cccc7ccccc67)cc5)ccc34)cc2)cc1. The lowest BCUT2D eigenvalue weighted by Gasteiger charge is -2.37. The molecule has 1 atom stereocenters. The van der Waals surface area contributed by atoms with Gasteiger partial charge >= 0.3 is 0 Å². The predicted octanol–water partition coefficient (Wildman–Crippen LogP) is 14.9. The highest BCUT2D eigenvalue weighted by Gasteiger charge is 2.40. The standard InChI is InChI=1S/C55H46N2/c1-5-13-38(6-2)39-20-22-40(23-21-39)41-26-31-47(32-27-41)57(46-16-8-7-9-17-46)48-33-35-51-50-34-28-44(36-52(50)55(3,4)53(51)37-48)42-24-29-45(30-25-42)56-54-19-12-15-43-14-10-11-18-49(43)54/h5-36,48,56H,1-2,37H2,3-4H3/b38-13+. The molecule has 1 unspecified atom stereocenters. The van der Waals surface area contributed by atoms with Gasteiger partial charge in [-0.2, -0.15) is 0 Å². The van der Waals surface area contributed by atoms with E-state index in [0.29, 0.717) is 0 Å². The van der Waals surface area contributed by atoms with Gasteiger partial charge in [0.25, 0.3) is 0 Å². The molecule has 2 aliphatic rings. The fourth-order valence-corrected chi connectivity index (χ4v) is 8.79. The van der Waals surface area contributed by atoms with Gasteiger partial charge in [0.1, 0.15) is 0 Å². The van der Waals surface area contributed by atoms with Gasteiger partial charge in [0, 0.05) is 33.6 Å². The van der Waals surface area contributed by atoms with Gasteiger partial charge in [0.15, 0.2) is 0 Å². The Hall–Kier alpha value is -6.90. The van der Waals surface area contributed by atoms with E-state index in [1.165, 1.54) is 66.7 Å². The summed E-state index contributed by atoms with van der Waals surface area (Å²) in [5.74, 6) is 0. The smallest absolute Gasteiger partial charge is 0.0563 e. The summed E-state index contributed by atoms with van der Waals surface area (Å²) in [4.78, 5) is 2.50. The Morgan fingerprint density at radius 3 is 2.04 bits per heavy atom. The largest absolute Gasteiger partial charge is 0.355 e. The highest BCUT2D eigenvalue weighted by atomic mass is 15.2. The molecule has 7 aromatic carbocycles. The van der Waals surface area contributed by atoms with Crippen molar-refractivity contribution in [3.8, 4) is 22.3 Å². The topological polar surface area (TPSA) is 15.3 Å². The van der Waals surface area contributed by atoms with Crippen LogP contribution in [0, 0.1) is 0 Å². The van der Waals surface area contributed by atoms with Crippen LogP contribution in [0.5, 0.6) is 0 Å². The first-order valence-corrected chi connectivity index (χ1v) is 19.8. The van der Waals surface area contributed by atoms with Crippen LogP contribution in [0.1, 0.15) is 37.0 Å². The van der Waals surface area contributed by atoms with Crippen LogP contribution in [0.4, 0.5) is 22.7 Å². The summed E-state index contributed by atoms with van der Waals surface area (Å²) in [5.41, 5.74) is 17.1. The zero-order valence-electron chi connectivity index (χ0n) is 32.6. The third-order valence-corrected chi connectivity index (χ3v) is 11.8. The van der Waals surface area contributed by atoms with Crippen LogP contribution in [0.3, 0.4) is 0 Å². The van der Waals surface area contributed by atoms with E-state index in [-0.39, 0.29) is 11.5 Å². The van der Waals surface area contributed by atoms with Crippen LogP contribution in [0.15, 0.2) is 213 Å². The minimum Gasteiger partial charge on any atom is -0.355 e. The van der Waals surface area contributed by atoms with Crippen molar-refractivity contribution in [2.45, 2.75) is 31.7 Å². The lowest BCUT2D eigenvalue weighted by molar-refractivity contribution is 0.585. The molecule has 276 valence electrons. The molecule has 57 heavy (non-hydrogen) atoms. The first kappa shape index (κ1) is 35.8. The summed E-state index contributed by atoms with van der Waals surface area (Å²) in [5, 5.41) is 6.10. The summed E-state index contributed by atoms with van der Waals surface area (Å²) in [6.45, 7) is 12.6. The normalized spacial score (nSPS) is 15.5. The molecule has 0 saturated carbocycles. The molecule has 0 aromatic heterocycles. The van der Waals surface area contributed by atoms with Crippen LogP contribution < -0.4 is 10.2 Å². The Morgan fingerprint density at radius 1 is 0.667 bits per heavy atom. The van der Waals surface area contributed by atoms with Crippen molar-refractivity contribution in [3.05, 3.63) is 230 Å². The molecule has 0 saturated heterocycles. The van der Waals surface area contributed by atoms with Crippen LogP contribution >= 0.6 is 0 Å². The number of benzene rings is 7. The molecule has 0 amide bonds. The number of hydrogen-bond donors (Lipinski definition) is 1. The second-order valence-electron chi connectivity index (χ2n) is 15.5. The third kappa shape index (κ3) is 6.74. The van der Waals surface area contributed by atoms with Crippen molar-refractivity contribution in [2.75, 3.05) is 10.2 Å². The molecule has 0 heterocycles. The molecule has 2 aliphatic carbocycles. The van der Waals surface area contributed by atoms with E-state index in [4.69, 9.17) is 0 Å². The van der Waals surface area contributed by atoms with Crippen molar-refractivity contribution in [2.24, 2.45) is 0 Å². The van der Waals surface area contributed by atoms with Gasteiger partial charge in [-0.15, -0.1) is 0 Å². The Bertz CT molecular complexity index is 2700. The number of nitrogens with zero attached hydrogens (tertiary/aromatic N) is 1. The van der Waals surface area contributed by atoms with E-state index >= 15 is 0 Å².